The highest BCUT2D eigenvalue weighted by molar-refractivity contribution is 9.10. The molecular formula is C24H14BrCl2NO3. The van der Waals surface area contributed by atoms with Gasteiger partial charge in [0.25, 0.3) is 0 Å². The van der Waals surface area contributed by atoms with Crippen LogP contribution in [0.5, 0.6) is 0 Å². The maximum absolute atomic E-state index is 12.9. The summed E-state index contributed by atoms with van der Waals surface area (Å²) in [4.78, 5) is 29.9. The van der Waals surface area contributed by atoms with Crippen LogP contribution >= 0.6 is 39.1 Å². The number of carbonyl (C=O) groups is 2. The van der Waals surface area contributed by atoms with Gasteiger partial charge in [0.05, 0.1) is 16.8 Å². The lowest BCUT2D eigenvalue weighted by molar-refractivity contribution is 0.0476. The van der Waals surface area contributed by atoms with E-state index >= 15 is 0 Å². The maximum atomic E-state index is 12.9. The molecule has 1 heterocycles. The molecular weight excluding hydrogens is 501 g/mol. The number of esters is 1. The average Bonchev–Trinajstić information content (AvgIpc) is 2.77. The molecule has 0 saturated carbocycles. The van der Waals surface area contributed by atoms with Crippen LogP contribution in [0.4, 0.5) is 0 Å². The van der Waals surface area contributed by atoms with E-state index in [9.17, 15) is 9.59 Å². The van der Waals surface area contributed by atoms with Gasteiger partial charge in [-0.3, -0.25) is 4.79 Å². The van der Waals surface area contributed by atoms with E-state index in [1.165, 1.54) is 0 Å². The Labute approximate surface area is 196 Å². The largest absolute Gasteiger partial charge is 0.454 e. The SMILES string of the molecule is O=C(COC(=O)c1cc(-c2ccc(Cl)cc2)nc2ccc(Cl)cc12)c1ccc(Br)cc1. The Morgan fingerprint density at radius 1 is 0.871 bits per heavy atom. The van der Waals surface area contributed by atoms with Gasteiger partial charge in [0.1, 0.15) is 0 Å². The quantitative estimate of drug-likeness (QED) is 0.212. The van der Waals surface area contributed by atoms with Gasteiger partial charge >= 0.3 is 5.97 Å². The Morgan fingerprint density at radius 2 is 1.55 bits per heavy atom. The molecule has 0 atom stereocenters. The van der Waals surface area contributed by atoms with Crippen LogP contribution in [0.25, 0.3) is 22.2 Å². The molecule has 0 saturated heterocycles. The first-order valence-electron chi connectivity index (χ1n) is 9.23. The number of aromatic nitrogens is 1. The molecule has 0 amide bonds. The van der Waals surface area contributed by atoms with Crippen LogP contribution < -0.4 is 0 Å². The van der Waals surface area contributed by atoms with Crippen molar-refractivity contribution >= 4 is 61.8 Å². The fourth-order valence-electron chi connectivity index (χ4n) is 3.06. The molecule has 0 aliphatic heterocycles. The van der Waals surface area contributed by atoms with Gasteiger partial charge in [-0.2, -0.15) is 0 Å². The summed E-state index contributed by atoms with van der Waals surface area (Å²) in [6.45, 7) is -0.374. The molecule has 3 aromatic carbocycles. The Bertz CT molecular complexity index is 1290. The molecule has 0 aliphatic rings. The van der Waals surface area contributed by atoms with Crippen molar-refractivity contribution in [3.05, 3.63) is 98.4 Å². The Kier molecular flexibility index (Phi) is 6.37. The fourth-order valence-corrected chi connectivity index (χ4v) is 3.63. The Morgan fingerprint density at radius 3 is 2.26 bits per heavy atom. The predicted molar refractivity (Wildman–Crippen MR) is 126 cm³/mol. The van der Waals surface area contributed by atoms with E-state index in [1.54, 1.807) is 60.7 Å². The van der Waals surface area contributed by atoms with E-state index in [0.717, 1.165) is 10.0 Å². The summed E-state index contributed by atoms with van der Waals surface area (Å²) in [6.07, 6.45) is 0. The molecule has 4 aromatic rings. The number of fused-ring (bicyclic) bond motifs is 1. The smallest absolute Gasteiger partial charge is 0.339 e. The van der Waals surface area contributed by atoms with Crippen LogP contribution in [-0.2, 0) is 4.74 Å². The summed E-state index contributed by atoms with van der Waals surface area (Å²) < 4.78 is 6.20. The van der Waals surface area contributed by atoms with E-state index in [2.05, 4.69) is 20.9 Å². The molecule has 0 unspecified atom stereocenters. The average molecular weight is 515 g/mol. The Balaban J connectivity index is 1.66. The van der Waals surface area contributed by atoms with Crippen molar-refractivity contribution in [1.82, 2.24) is 4.98 Å². The van der Waals surface area contributed by atoms with Crippen LogP contribution in [0.15, 0.2) is 77.3 Å². The third-order valence-corrected chi connectivity index (χ3v) is 5.65. The lowest BCUT2D eigenvalue weighted by atomic mass is 10.0. The third kappa shape index (κ3) is 4.96. The number of hydrogen-bond donors (Lipinski definition) is 0. The lowest BCUT2D eigenvalue weighted by Crippen LogP contribution is -2.15. The molecule has 0 aliphatic carbocycles. The molecule has 154 valence electrons. The van der Waals surface area contributed by atoms with Crippen LogP contribution in [-0.4, -0.2) is 23.3 Å². The van der Waals surface area contributed by atoms with Crippen molar-refractivity contribution in [2.75, 3.05) is 6.61 Å². The number of pyridine rings is 1. The van der Waals surface area contributed by atoms with Gasteiger partial charge in [-0.05, 0) is 48.5 Å². The number of benzene rings is 3. The zero-order chi connectivity index (χ0) is 22.0. The fraction of sp³-hybridized carbons (Fsp3) is 0.0417. The zero-order valence-electron chi connectivity index (χ0n) is 15.9. The summed E-state index contributed by atoms with van der Waals surface area (Å²) in [6, 6.07) is 20.7. The van der Waals surface area contributed by atoms with Gasteiger partial charge < -0.3 is 4.74 Å². The molecule has 0 bridgehead atoms. The minimum absolute atomic E-state index is 0.279. The highest BCUT2D eigenvalue weighted by Gasteiger charge is 2.18. The van der Waals surface area contributed by atoms with Crippen LogP contribution in [0.2, 0.25) is 10.0 Å². The van der Waals surface area contributed by atoms with Crippen LogP contribution in [0, 0.1) is 0 Å². The summed E-state index contributed by atoms with van der Waals surface area (Å²) in [5.41, 5.74) is 2.70. The van der Waals surface area contributed by atoms with Gasteiger partial charge in [-0.15, -0.1) is 0 Å². The third-order valence-electron chi connectivity index (χ3n) is 4.63. The number of hydrogen-bond acceptors (Lipinski definition) is 4. The molecule has 4 rings (SSSR count). The summed E-state index contributed by atoms with van der Waals surface area (Å²) in [7, 11) is 0. The number of rotatable bonds is 5. The zero-order valence-corrected chi connectivity index (χ0v) is 19.0. The van der Waals surface area contributed by atoms with E-state index in [-0.39, 0.29) is 18.0 Å². The highest BCUT2D eigenvalue weighted by atomic mass is 79.9. The van der Waals surface area contributed by atoms with Gasteiger partial charge in [0.15, 0.2) is 12.4 Å². The minimum Gasteiger partial charge on any atom is -0.454 e. The molecule has 4 nitrogen and oxygen atoms in total. The first-order chi connectivity index (χ1) is 14.9. The maximum Gasteiger partial charge on any atom is 0.339 e. The van der Waals surface area contributed by atoms with Crippen molar-refractivity contribution in [3.8, 4) is 11.3 Å². The second-order valence-corrected chi connectivity index (χ2v) is 8.52. The number of carbonyl (C=O) groups excluding carboxylic acids is 2. The second-order valence-electron chi connectivity index (χ2n) is 6.73. The summed E-state index contributed by atoms with van der Waals surface area (Å²) >= 11 is 15.4. The van der Waals surface area contributed by atoms with E-state index < -0.39 is 5.97 Å². The molecule has 0 radical (unpaired) electrons. The molecule has 1 aromatic heterocycles. The molecule has 0 spiro atoms. The molecule has 0 N–H and O–H groups in total. The van der Waals surface area contributed by atoms with Crippen molar-refractivity contribution in [2.24, 2.45) is 0 Å². The number of halogens is 3. The van der Waals surface area contributed by atoms with Gasteiger partial charge in [0.2, 0.25) is 0 Å². The normalized spacial score (nSPS) is 10.8. The summed E-state index contributed by atoms with van der Waals surface area (Å²) in [5, 5.41) is 1.61. The van der Waals surface area contributed by atoms with Crippen molar-refractivity contribution in [3.63, 3.8) is 0 Å². The van der Waals surface area contributed by atoms with E-state index in [0.29, 0.717) is 32.2 Å². The topological polar surface area (TPSA) is 56.3 Å². The number of ketones is 1. The second kappa shape index (κ2) is 9.18. The standard InChI is InChI=1S/C24H14BrCl2NO3/c25-16-5-1-15(2-6-16)23(29)13-31-24(30)20-12-22(14-3-7-17(26)8-4-14)28-21-10-9-18(27)11-19(20)21/h1-12H,13H2. The highest BCUT2D eigenvalue weighted by Crippen LogP contribution is 2.28. The molecule has 31 heavy (non-hydrogen) atoms. The van der Waals surface area contributed by atoms with Crippen LogP contribution in [0.1, 0.15) is 20.7 Å². The van der Waals surface area contributed by atoms with Crippen molar-refractivity contribution in [1.29, 1.82) is 0 Å². The first kappa shape index (κ1) is 21.5. The van der Waals surface area contributed by atoms with Crippen molar-refractivity contribution in [2.45, 2.75) is 0 Å². The van der Waals surface area contributed by atoms with Gasteiger partial charge in [0, 0.05) is 31.0 Å². The van der Waals surface area contributed by atoms with E-state index in [4.69, 9.17) is 27.9 Å². The van der Waals surface area contributed by atoms with Crippen LogP contribution in [0.3, 0.4) is 0 Å². The van der Waals surface area contributed by atoms with E-state index in [1.807, 2.05) is 12.1 Å². The van der Waals surface area contributed by atoms with Crippen molar-refractivity contribution < 1.29 is 14.3 Å². The number of nitrogens with zero attached hydrogens (tertiary/aromatic N) is 1. The van der Waals surface area contributed by atoms with Gasteiger partial charge in [-0.25, -0.2) is 9.78 Å². The Hall–Kier alpha value is -2.73. The lowest BCUT2D eigenvalue weighted by Gasteiger charge is -2.11. The number of Topliss-reactive ketones (excluding diaryl/α,β-unsaturated/α-hetero) is 1. The molecule has 7 heteroatoms. The summed E-state index contributed by atoms with van der Waals surface area (Å²) in [5.74, 6) is -0.925. The van der Waals surface area contributed by atoms with Gasteiger partial charge in [-0.1, -0.05) is 63.4 Å². The number of ether oxygens (including phenoxy) is 1. The minimum atomic E-state index is -0.629. The predicted octanol–water partition coefficient (Wildman–Crippen LogP) is 7.01. The molecule has 0 fully saturated rings. The monoisotopic (exact) mass is 513 g/mol. The first-order valence-corrected chi connectivity index (χ1v) is 10.8.